The molecule has 0 bridgehead atoms. The van der Waals surface area contributed by atoms with Crippen LogP contribution in [-0.4, -0.2) is 88.8 Å². The van der Waals surface area contributed by atoms with Gasteiger partial charge >= 0.3 is 0 Å². The average molecular weight is 479 g/mol. The molecule has 10 nitrogen and oxygen atoms in total. The van der Waals surface area contributed by atoms with Gasteiger partial charge in [0.1, 0.15) is 12.0 Å². The summed E-state index contributed by atoms with van der Waals surface area (Å²) in [6, 6.07) is 8.22. The minimum absolute atomic E-state index is 0.102. The van der Waals surface area contributed by atoms with Crippen molar-refractivity contribution < 1.29 is 9.90 Å². The van der Waals surface area contributed by atoms with Crippen LogP contribution in [0.4, 0.5) is 11.6 Å². The van der Waals surface area contributed by atoms with E-state index in [1.807, 2.05) is 31.1 Å². The van der Waals surface area contributed by atoms with Gasteiger partial charge in [-0.05, 0) is 39.1 Å². The molecule has 0 saturated carbocycles. The molecule has 4 N–H and O–H groups in total. The molecule has 1 atom stereocenters. The highest BCUT2D eigenvalue weighted by molar-refractivity contribution is 5.96. The van der Waals surface area contributed by atoms with E-state index >= 15 is 0 Å². The Hall–Kier alpha value is -3.34. The molecule has 0 spiro atoms. The molecule has 1 aliphatic rings. The first-order chi connectivity index (χ1) is 16.8. The Kier molecular flexibility index (Phi) is 7.74. The summed E-state index contributed by atoms with van der Waals surface area (Å²) in [5.41, 5.74) is 8.94. The SMILES string of the molecule is Cc1cccc2cc(CNC(=O)c3nccnc3N)c(N3CCCN(CC(O)N(C)C)CC3)nc12. The highest BCUT2D eigenvalue weighted by Gasteiger charge is 2.22. The lowest BCUT2D eigenvalue weighted by Crippen LogP contribution is -2.42. The molecule has 10 heteroatoms. The number of pyridine rings is 1. The Morgan fingerprint density at radius 2 is 2.00 bits per heavy atom. The number of hydrogen-bond acceptors (Lipinski definition) is 9. The van der Waals surface area contributed by atoms with Crippen LogP contribution in [0.25, 0.3) is 10.9 Å². The molecular formula is C25H34N8O2. The highest BCUT2D eigenvalue weighted by Crippen LogP contribution is 2.27. The Labute approximate surface area is 205 Å². The number of rotatable bonds is 7. The van der Waals surface area contributed by atoms with Gasteiger partial charge in [-0.2, -0.15) is 0 Å². The zero-order chi connectivity index (χ0) is 24.9. The first-order valence-electron chi connectivity index (χ1n) is 11.9. The van der Waals surface area contributed by atoms with E-state index in [-0.39, 0.29) is 17.4 Å². The van der Waals surface area contributed by atoms with Gasteiger partial charge in [-0.15, -0.1) is 0 Å². The second-order valence-corrected chi connectivity index (χ2v) is 9.18. The molecule has 1 amide bonds. The molecule has 0 aliphatic carbocycles. The lowest BCUT2D eigenvalue weighted by atomic mass is 10.1. The summed E-state index contributed by atoms with van der Waals surface area (Å²) in [4.78, 5) is 32.2. The van der Waals surface area contributed by atoms with Crippen LogP contribution in [0.5, 0.6) is 0 Å². The van der Waals surface area contributed by atoms with Crippen LogP contribution < -0.4 is 16.0 Å². The number of carbonyl (C=O) groups is 1. The van der Waals surface area contributed by atoms with E-state index in [0.29, 0.717) is 13.1 Å². The predicted octanol–water partition coefficient (Wildman–Crippen LogP) is 1.24. The maximum Gasteiger partial charge on any atom is 0.273 e. The van der Waals surface area contributed by atoms with E-state index in [0.717, 1.165) is 60.4 Å². The number of aliphatic hydroxyl groups is 1. The summed E-state index contributed by atoms with van der Waals surface area (Å²) < 4.78 is 0. The maximum absolute atomic E-state index is 12.7. The number of hydrogen-bond donors (Lipinski definition) is 3. The third-order valence-corrected chi connectivity index (χ3v) is 6.39. The Balaban J connectivity index is 1.58. The van der Waals surface area contributed by atoms with E-state index in [4.69, 9.17) is 10.7 Å². The van der Waals surface area contributed by atoms with Crippen LogP contribution in [0, 0.1) is 6.92 Å². The molecule has 1 fully saturated rings. The lowest BCUT2D eigenvalue weighted by molar-refractivity contribution is 0.0103. The number of nitrogens with two attached hydrogens (primary N) is 1. The molecule has 35 heavy (non-hydrogen) atoms. The van der Waals surface area contributed by atoms with Crippen LogP contribution in [0.15, 0.2) is 36.7 Å². The van der Waals surface area contributed by atoms with Crippen LogP contribution >= 0.6 is 0 Å². The van der Waals surface area contributed by atoms with Crippen molar-refractivity contribution >= 4 is 28.4 Å². The number of nitrogens with zero attached hydrogens (tertiary/aromatic N) is 6. The summed E-state index contributed by atoms with van der Waals surface area (Å²) in [7, 11) is 3.76. The molecule has 1 aliphatic heterocycles. The summed E-state index contributed by atoms with van der Waals surface area (Å²) in [5.74, 6) is 0.602. The van der Waals surface area contributed by atoms with Gasteiger partial charge in [-0.1, -0.05) is 18.2 Å². The monoisotopic (exact) mass is 478 g/mol. The van der Waals surface area contributed by atoms with Crippen LogP contribution in [-0.2, 0) is 6.54 Å². The average Bonchev–Trinajstić information content (AvgIpc) is 3.08. The number of likely N-dealkylation sites (N-methyl/N-ethyl adjacent to an activating group) is 1. The third-order valence-electron chi connectivity index (χ3n) is 6.39. The molecule has 2 aromatic heterocycles. The number of nitrogen functional groups attached to an aromatic ring is 1. The minimum Gasteiger partial charge on any atom is -0.382 e. The smallest absolute Gasteiger partial charge is 0.273 e. The van der Waals surface area contributed by atoms with Crippen molar-refractivity contribution in [2.45, 2.75) is 26.1 Å². The van der Waals surface area contributed by atoms with Crippen molar-refractivity contribution in [1.29, 1.82) is 0 Å². The third kappa shape index (κ3) is 5.84. The lowest BCUT2D eigenvalue weighted by Gasteiger charge is -2.28. The van der Waals surface area contributed by atoms with Gasteiger partial charge in [0.15, 0.2) is 11.5 Å². The van der Waals surface area contributed by atoms with Gasteiger partial charge in [0.05, 0.1) is 5.52 Å². The maximum atomic E-state index is 12.7. The Morgan fingerprint density at radius 3 is 2.77 bits per heavy atom. The number of β-amino-alcohol motifs (C(OH)–C–C–N with tert-alkyl or cyclic N) is 1. The fourth-order valence-electron chi connectivity index (χ4n) is 4.33. The molecule has 0 radical (unpaired) electrons. The number of carbonyl (C=O) groups excluding carboxylic acids is 1. The van der Waals surface area contributed by atoms with Crippen molar-refractivity contribution in [1.82, 2.24) is 30.1 Å². The summed E-state index contributed by atoms with van der Waals surface area (Å²) in [6.07, 6.45) is 3.37. The highest BCUT2D eigenvalue weighted by atomic mass is 16.3. The molecule has 3 heterocycles. The van der Waals surface area contributed by atoms with Gasteiger partial charge < -0.3 is 21.1 Å². The fraction of sp³-hybridized carbons (Fsp3) is 0.440. The Morgan fingerprint density at radius 1 is 1.20 bits per heavy atom. The molecule has 3 aromatic rings. The Bertz CT molecular complexity index is 1190. The molecule has 1 aromatic carbocycles. The van der Waals surface area contributed by atoms with Crippen LogP contribution in [0.1, 0.15) is 28.0 Å². The van der Waals surface area contributed by atoms with Crippen molar-refractivity contribution in [2.75, 3.05) is 57.5 Å². The molecular weight excluding hydrogens is 444 g/mol. The normalized spacial score (nSPS) is 15.9. The number of fused-ring (bicyclic) bond motifs is 1. The predicted molar refractivity (Wildman–Crippen MR) is 137 cm³/mol. The molecule has 1 unspecified atom stereocenters. The summed E-state index contributed by atoms with van der Waals surface area (Å²) in [6.45, 7) is 6.31. The number of amides is 1. The number of aryl methyl sites for hydroxylation is 1. The van der Waals surface area contributed by atoms with Crippen molar-refractivity contribution in [3.63, 3.8) is 0 Å². The largest absolute Gasteiger partial charge is 0.382 e. The van der Waals surface area contributed by atoms with Crippen molar-refractivity contribution in [2.24, 2.45) is 0 Å². The minimum atomic E-state index is -0.498. The standard InChI is InChI=1S/C25H34N8O2/c1-17-6-4-7-18-14-19(15-29-25(35)22-23(26)28-9-8-27-22)24(30-21(17)18)33-11-5-10-32(12-13-33)16-20(34)31(2)3/h4,6-9,14,20,34H,5,10-13,15-16H2,1-3H3,(H2,26,28)(H,29,35). The van der Waals surface area contributed by atoms with Crippen LogP contribution in [0.3, 0.4) is 0 Å². The van der Waals surface area contributed by atoms with E-state index in [1.165, 1.54) is 12.4 Å². The van der Waals surface area contributed by atoms with E-state index in [9.17, 15) is 9.90 Å². The first kappa shape index (κ1) is 24.8. The second-order valence-electron chi connectivity index (χ2n) is 9.18. The summed E-state index contributed by atoms with van der Waals surface area (Å²) in [5, 5.41) is 14.3. The van der Waals surface area contributed by atoms with Crippen molar-refractivity contribution in [3.05, 3.63) is 53.5 Å². The number of aromatic nitrogens is 3. The number of aliphatic hydroxyl groups excluding tert-OH is 1. The molecule has 186 valence electrons. The number of nitrogens with one attached hydrogen (secondary N) is 1. The van der Waals surface area contributed by atoms with Gasteiger partial charge in [0.25, 0.3) is 5.91 Å². The van der Waals surface area contributed by atoms with Crippen LogP contribution in [0.2, 0.25) is 0 Å². The number of benzene rings is 1. The zero-order valence-corrected chi connectivity index (χ0v) is 20.6. The van der Waals surface area contributed by atoms with Gasteiger partial charge in [-0.3, -0.25) is 14.6 Å². The van der Waals surface area contributed by atoms with E-state index < -0.39 is 6.23 Å². The van der Waals surface area contributed by atoms with Gasteiger partial charge in [0, 0.05) is 62.6 Å². The topological polar surface area (TPSA) is 124 Å². The fourth-order valence-corrected chi connectivity index (χ4v) is 4.33. The van der Waals surface area contributed by atoms with Gasteiger partial charge in [-0.25, -0.2) is 15.0 Å². The number of para-hydroxylation sites is 1. The van der Waals surface area contributed by atoms with E-state index in [2.05, 4.69) is 44.1 Å². The molecule has 1 saturated heterocycles. The first-order valence-corrected chi connectivity index (χ1v) is 11.9. The quantitative estimate of drug-likeness (QED) is 0.430. The number of anilines is 2. The second kappa shape index (κ2) is 10.9. The molecule has 4 rings (SSSR count). The van der Waals surface area contributed by atoms with Crippen molar-refractivity contribution in [3.8, 4) is 0 Å². The van der Waals surface area contributed by atoms with Gasteiger partial charge in [0.2, 0.25) is 0 Å². The zero-order valence-electron chi connectivity index (χ0n) is 20.6. The van der Waals surface area contributed by atoms with E-state index in [1.54, 1.807) is 0 Å². The summed E-state index contributed by atoms with van der Waals surface area (Å²) >= 11 is 0.